The van der Waals surface area contributed by atoms with Gasteiger partial charge in [-0.15, -0.1) is 24.0 Å². The minimum absolute atomic E-state index is 0. The lowest BCUT2D eigenvalue weighted by atomic mass is 9.83. The molecule has 26 heavy (non-hydrogen) atoms. The van der Waals surface area contributed by atoms with Crippen molar-refractivity contribution < 1.29 is 8.42 Å². The van der Waals surface area contributed by atoms with Gasteiger partial charge in [0.05, 0.1) is 0 Å². The molecule has 2 rings (SSSR count). The van der Waals surface area contributed by atoms with Gasteiger partial charge in [-0.1, -0.05) is 19.8 Å². The van der Waals surface area contributed by atoms with Crippen molar-refractivity contribution in [2.24, 2.45) is 10.4 Å². The summed E-state index contributed by atoms with van der Waals surface area (Å²) in [5.74, 6) is 0.709. The molecule has 0 aromatic carbocycles. The number of hydrogen-bond acceptors (Lipinski definition) is 4. The largest absolute Gasteiger partial charge is 0.356 e. The van der Waals surface area contributed by atoms with Gasteiger partial charge >= 0.3 is 0 Å². The summed E-state index contributed by atoms with van der Waals surface area (Å²) in [5.41, 5.74) is 0.375. The highest BCUT2D eigenvalue weighted by molar-refractivity contribution is 14.0. The van der Waals surface area contributed by atoms with Crippen LogP contribution in [-0.2, 0) is 10.0 Å². The molecule has 1 saturated carbocycles. The first-order valence-corrected chi connectivity index (χ1v) is 10.3. The molecule has 0 unspecified atom stereocenters. The van der Waals surface area contributed by atoms with Crippen LogP contribution in [-0.4, -0.2) is 46.0 Å². The average Bonchev–Trinajstić information content (AvgIpc) is 3.11. The molecule has 0 atom stereocenters. The van der Waals surface area contributed by atoms with Crippen LogP contribution in [0.1, 0.15) is 39.0 Å². The fourth-order valence-corrected chi connectivity index (χ4v) is 4.22. The average molecular weight is 495 g/mol. The molecule has 1 aromatic heterocycles. The Kier molecular flexibility index (Phi) is 9.80. The highest BCUT2D eigenvalue weighted by atomic mass is 127. The molecule has 0 bridgehead atoms. The fourth-order valence-electron chi connectivity index (χ4n) is 3.23. The minimum Gasteiger partial charge on any atom is -0.356 e. The number of rotatable bonds is 8. The van der Waals surface area contributed by atoms with Crippen LogP contribution in [0.3, 0.4) is 0 Å². The van der Waals surface area contributed by atoms with E-state index >= 15 is 0 Å². The highest BCUT2D eigenvalue weighted by Crippen LogP contribution is 2.40. The van der Waals surface area contributed by atoms with E-state index in [4.69, 9.17) is 0 Å². The lowest BCUT2D eigenvalue weighted by Gasteiger charge is -2.28. The Hall–Kier alpha value is -0.940. The lowest BCUT2D eigenvalue weighted by molar-refractivity contribution is 0.283. The number of pyridine rings is 1. The Morgan fingerprint density at radius 2 is 2.00 bits per heavy atom. The molecule has 1 aromatic rings. The van der Waals surface area contributed by atoms with Crippen LogP contribution in [0.15, 0.2) is 34.4 Å². The quantitative estimate of drug-likeness (QED) is 0.222. The molecule has 7 nitrogen and oxygen atoms in total. The first-order valence-electron chi connectivity index (χ1n) is 8.85. The molecule has 1 aliphatic rings. The van der Waals surface area contributed by atoms with E-state index in [9.17, 15) is 8.42 Å². The zero-order chi connectivity index (χ0) is 18.2. The molecule has 0 saturated heterocycles. The summed E-state index contributed by atoms with van der Waals surface area (Å²) in [4.78, 5) is 8.22. The predicted octanol–water partition coefficient (Wildman–Crippen LogP) is 2.11. The SMILES string of the molecule is CCC1(CNC(=NC)NCCNS(=O)(=O)c2cccnc2)CCCC1.I. The summed E-state index contributed by atoms with van der Waals surface area (Å²) in [6, 6.07) is 3.13. The number of guanidine groups is 1. The molecular weight excluding hydrogens is 465 g/mol. The summed E-state index contributed by atoms with van der Waals surface area (Å²) in [5, 5.41) is 6.54. The number of hydrogen-bond donors (Lipinski definition) is 3. The maximum Gasteiger partial charge on any atom is 0.242 e. The van der Waals surface area contributed by atoms with E-state index in [1.54, 1.807) is 19.3 Å². The minimum atomic E-state index is -3.52. The number of nitrogens with one attached hydrogen (secondary N) is 3. The van der Waals surface area contributed by atoms with Crippen molar-refractivity contribution in [2.75, 3.05) is 26.7 Å². The van der Waals surface area contributed by atoms with Gasteiger partial charge in [-0.2, -0.15) is 0 Å². The van der Waals surface area contributed by atoms with Crippen molar-refractivity contribution in [3.05, 3.63) is 24.5 Å². The summed E-state index contributed by atoms with van der Waals surface area (Å²) in [6.07, 6.45) is 9.18. The Morgan fingerprint density at radius 3 is 2.58 bits per heavy atom. The Balaban J connectivity index is 0.00000338. The van der Waals surface area contributed by atoms with E-state index < -0.39 is 10.0 Å². The zero-order valence-electron chi connectivity index (χ0n) is 15.5. The van der Waals surface area contributed by atoms with Gasteiger partial charge in [-0.05, 0) is 36.8 Å². The van der Waals surface area contributed by atoms with E-state index in [2.05, 4.69) is 32.3 Å². The van der Waals surface area contributed by atoms with Crippen LogP contribution in [0.5, 0.6) is 0 Å². The van der Waals surface area contributed by atoms with Crippen LogP contribution in [0.4, 0.5) is 0 Å². The molecule has 3 N–H and O–H groups in total. The lowest BCUT2D eigenvalue weighted by Crippen LogP contribution is -2.45. The Bertz CT molecular complexity index is 661. The van der Waals surface area contributed by atoms with E-state index in [0.29, 0.717) is 17.9 Å². The van der Waals surface area contributed by atoms with Crippen LogP contribution in [0.2, 0.25) is 0 Å². The highest BCUT2D eigenvalue weighted by Gasteiger charge is 2.31. The molecule has 0 spiro atoms. The summed E-state index contributed by atoms with van der Waals surface area (Å²) < 4.78 is 26.8. The smallest absolute Gasteiger partial charge is 0.242 e. The molecule has 0 amide bonds. The molecule has 148 valence electrons. The molecule has 0 aliphatic heterocycles. The molecule has 1 aliphatic carbocycles. The van der Waals surface area contributed by atoms with E-state index in [-0.39, 0.29) is 35.4 Å². The van der Waals surface area contributed by atoms with Crippen molar-refractivity contribution in [1.29, 1.82) is 0 Å². The number of halogens is 1. The molecule has 9 heteroatoms. The molecule has 0 radical (unpaired) electrons. The fraction of sp³-hybridized carbons (Fsp3) is 0.647. The normalized spacial score (nSPS) is 16.8. The van der Waals surface area contributed by atoms with Crippen molar-refractivity contribution >= 4 is 40.0 Å². The van der Waals surface area contributed by atoms with Crippen LogP contribution < -0.4 is 15.4 Å². The van der Waals surface area contributed by atoms with E-state index in [0.717, 1.165) is 6.54 Å². The standard InChI is InChI=1S/C17H29N5O2S.HI/c1-3-17(8-4-5-9-17)14-21-16(18-2)20-11-12-22-25(23,24)15-7-6-10-19-13-15;/h6-7,10,13,22H,3-5,8-9,11-12,14H2,1-2H3,(H2,18,20,21);1H. The van der Waals surface area contributed by atoms with Crippen molar-refractivity contribution in [1.82, 2.24) is 20.3 Å². The van der Waals surface area contributed by atoms with Gasteiger partial charge in [0.15, 0.2) is 5.96 Å². The molecule has 1 heterocycles. The third kappa shape index (κ3) is 6.66. The maximum atomic E-state index is 12.1. The van der Waals surface area contributed by atoms with Gasteiger partial charge in [0.25, 0.3) is 0 Å². The van der Waals surface area contributed by atoms with Crippen LogP contribution >= 0.6 is 24.0 Å². The third-order valence-electron chi connectivity index (χ3n) is 4.92. The zero-order valence-corrected chi connectivity index (χ0v) is 18.6. The number of sulfonamides is 1. The second-order valence-corrected chi connectivity index (χ2v) is 8.27. The Labute approximate surface area is 173 Å². The molecular formula is C17H30IN5O2S. The van der Waals surface area contributed by atoms with Gasteiger partial charge in [-0.25, -0.2) is 13.1 Å². The van der Waals surface area contributed by atoms with Gasteiger partial charge < -0.3 is 10.6 Å². The Morgan fingerprint density at radius 1 is 1.27 bits per heavy atom. The van der Waals surface area contributed by atoms with Crippen LogP contribution in [0, 0.1) is 5.41 Å². The third-order valence-corrected chi connectivity index (χ3v) is 6.37. The summed E-state index contributed by atoms with van der Waals surface area (Å²) >= 11 is 0. The predicted molar refractivity (Wildman–Crippen MR) is 115 cm³/mol. The van der Waals surface area contributed by atoms with Gasteiger partial charge in [0, 0.05) is 39.1 Å². The van der Waals surface area contributed by atoms with Crippen molar-refractivity contribution in [2.45, 2.75) is 43.9 Å². The van der Waals surface area contributed by atoms with Gasteiger partial charge in [0.1, 0.15) is 4.90 Å². The number of nitrogens with zero attached hydrogens (tertiary/aromatic N) is 2. The van der Waals surface area contributed by atoms with Gasteiger partial charge in [-0.3, -0.25) is 9.98 Å². The monoisotopic (exact) mass is 495 g/mol. The number of aromatic nitrogens is 1. The first-order chi connectivity index (χ1) is 12.0. The van der Waals surface area contributed by atoms with Crippen LogP contribution in [0.25, 0.3) is 0 Å². The van der Waals surface area contributed by atoms with Gasteiger partial charge in [0.2, 0.25) is 10.0 Å². The second-order valence-electron chi connectivity index (χ2n) is 6.50. The topological polar surface area (TPSA) is 95.5 Å². The second kappa shape index (κ2) is 11.0. The first kappa shape index (κ1) is 23.1. The maximum absolute atomic E-state index is 12.1. The van der Waals surface area contributed by atoms with Crippen molar-refractivity contribution in [3.8, 4) is 0 Å². The van der Waals surface area contributed by atoms with E-state index in [1.165, 1.54) is 44.4 Å². The van der Waals surface area contributed by atoms with E-state index in [1.807, 2.05) is 0 Å². The summed E-state index contributed by atoms with van der Waals surface area (Å²) in [6.45, 7) is 3.89. The summed E-state index contributed by atoms with van der Waals surface area (Å²) in [7, 11) is -1.79. The van der Waals surface area contributed by atoms with Crippen molar-refractivity contribution in [3.63, 3.8) is 0 Å². The molecule has 1 fully saturated rings. The number of aliphatic imine (C=N–C) groups is 1.